The lowest BCUT2D eigenvalue weighted by atomic mass is 10.2. The van der Waals surface area contributed by atoms with E-state index in [2.05, 4.69) is 15.5 Å². The molecule has 2 aromatic heterocycles. The zero-order valence-corrected chi connectivity index (χ0v) is 16.3. The summed E-state index contributed by atoms with van der Waals surface area (Å²) in [6.45, 7) is 0. The molecule has 0 spiro atoms. The number of carbonyl (C=O) groups is 1. The van der Waals surface area contributed by atoms with Gasteiger partial charge in [-0.15, -0.1) is 10.2 Å². The molecule has 0 fully saturated rings. The highest BCUT2D eigenvalue weighted by Gasteiger charge is 2.15. The van der Waals surface area contributed by atoms with Crippen molar-refractivity contribution in [1.29, 1.82) is 0 Å². The predicted molar refractivity (Wildman–Crippen MR) is 107 cm³/mol. The van der Waals surface area contributed by atoms with Crippen molar-refractivity contribution in [3.63, 3.8) is 0 Å². The molecule has 4 aromatic rings. The smallest absolute Gasteiger partial charge is 0.234 e. The van der Waals surface area contributed by atoms with Crippen LogP contribution in [0.25, 0.3) is 15.2 Å². The van der Waals surface area contributed by atoms with Gasteiger partial charge in [-0.2, -0.15) is 0 Å². The number of nitrogens with zero attached hydrogens (tertiary/aromatic N) is 3. The van der Waals surface area contributed by atoms with E-state index in [4.69, 9.17) is 9.47 Å². The number of nitrogens with one attached hydrogen (secondary N) is 1. The first-order chi connectivity index (χ1) is 13.2. The van der Waals surface area contributed by atoms with E-state index in [-0.39, 0.29) is 11.7 Å². The van der Waals surface area contributed by atoms with E-state index in [1.807, 2.05) is 28.7 Å². The minimum absolute atomic E-state index is 0.164. The number of hydrogen-bond acceptors (Lipinski definition) is 7. The Kier molecular flexibility index (Phi) is 4.87. The summed E-state index contributed by atoms with van der Waals surface area (Å²) in [5.74, 6) is 1.25. The number of thiazole rings is 1. The van der Waals surface area contributed by atoms with Gasteiger partial charge in [0.25, 0.3) is 0 Å². The Labute approximate surface area is 163 Å². The third-order valence-electron chi connectivity index (χ3n) is 3.92. The molecule has 0 saturated heterocycles. The van der Waals surface area contributed by atoms with E-state index in [9.17, 15) is 4.79 Å². The van der Waals surface area contributed by atoms with Gasteiger partial charge >= 0.3 is 0 Å². The monoisotopic (exact) mass is 400 g/mol. The fraction of sp³-hybridized carbons (Fsp3) is 0.167. The number of amides is 1. The average Bonchev–Trinajstić information content (AvgIpc) is 3.25. The maximum atomic E-state index is 12.4. The normalized spacial score (nSPS) is 11.0. The Morgan fingerprint density at radius 2 is 2.04 bits per heavy atom. The number of para-hydroxylation sites is 1. The molecule has 0 atom stereocenters. The van der Waals surface area contributed by atoms with Gasteiger partial charge in [-0.3, -0.25) is 9.20 Å². The third kappa shape index (κ3) is 3.43. The van der Waals surface area contributed by atoms with Gasteiger partial charge in [-0.1, -0.05) is 35.2 Å². The highest BCUT2D eigenvalue weighted by Crippen LogP contribution is 2.31. The van der Waals surface area contributed by atoms with Crippen LogP contribution in [0.15, 0.2) is 47.6 Å². The molecular formula is C18H16N4O3S2. The van der Waals surface area contributed by atoms with Gasteiger partial charge in [0, 0.05) is 6.07 Å². The number of benzene rings is 2. The molecule has 0 saturated carbocycles. The highest BCUT2D eigenvalue weighted by molar-refractivity contribution is 7.99. The van der Waals surface area contributed by atoms with Crippen LogP contribution in [0.5, 0.6) is 11.5 Å². The van der Waals surface area contributed by atoms with Gasteiger partial charge in [0.05, 0.1) is 35.9 Å². The van der Waals surface area contributed by atoms with Crippen LogP contribution in [0, 0.1) is 0 Å². The highest BCUT2D eigenvalue weighted by atomic mass is 32.2. The van der Waals surface area contributed by atoms with Crippen molar-refractivity contribution < 1.29 is 14.3 Å². The fourth-order valence-corrected chi connectivity index (χ4v) is 4.44. The van der Waals surface area contributed by atoms with E-state index in [1.54, 1.807) is 43.8 Å². The molecule has 1 amide bonds. The molecule has 0 aliphatic carbocycles. The first-order valence-electron chi connectivity index (χ1n) is 8.07. The first-order valence-corrected chi connectivity index (χ1v) is 9.87. The molecule has 9 heteroatoms. The van der Waals surface area contributed by atoms with E-state index in [0.717, 1.165) is 15.2 Å². The molecule has 0 aliphatic heterocycles. The number of anilines is 1. The van der Waals surface area contributed by atoms with E-state index >= 15 is 0 Å². The molecule has 7 nitrogen and oxygen atoms in total. The molecular weight excluding hydrogens is 384 g/mol. The zero-order valence-electron chi connectivity index (χ0n) is 14.6. The first kappa shape index (κ1) is 17.6. The lowest BCUT2D eigenvalue weighted by molar-refractivity contribution is -0.113. The molecule has 2 aromatic carbocycles. The number of aromatic nitrogens is 3. The van der Waals surface area contributed by atoms with Gasteiger partial charge in [0.1, 0.15) is 11.5 Å². The van der Waals surface area contributed by atoms with Crippen LogP contribution in [-0.4, -0.2) is 40.5 Å². The Hall–Kier alpha value is -2.78. The number of carbonyl (C=O) groups excluding carboxylic acids is 1. The van der Waals surface area contributed by atoms with E-state index in [1.165, 1.54) is 11.8 Å². The summed E-state index contributed by atoms with van der Waals surface area (Å²) in [6.07, 6.45) is 0. The van der Waals surface area contributed by atoms with Crippen LogP contribution in [-0.2, 0) is 4.79 Å². The van der Waals surface area contributed by atoms with Crippen LogP contribution in [0.3, 0.4) is 0 Å². The van der Waals surface area contributed by atoms with Gasteiger partial charge in [-0.25, -0.2) is 0 Å². The summed E-state index contributed by atoms with van der Waals surface area (Å²) >= 11 is 2.91. The summed E-state index contributed by atoms with van der Waals surface area (Å²) in [4.78, 5) is 13.2. The number of hydrogen-bond donors (Lipinski definition) is 1. The maximum Gasteiger partial charge on any atom is 0.234 e. The summed E-state index contributed by atoms with van der Waals surface area (Å²) in [7, 11) is 3.13. The Bertz CT molecular complexity index is 1120. The number of fused-ring (bicyclic) bond motifs is 3. The van der Waals surface area contributed by atoms with Gasteiger partial charge in [0.2, 0.25) is 10.9 Å². The molecule has 0 bridgehead atoms. The molecule has 0 unspecified atom stereocenters. The van der Waals surface area contributed by atoms with Gasteiger partial charge in [-0.05, 0) is 24.3 Å². The van der Waals surface area contributed by atoms with Crippen molar-refractivity contribution in [2.75, 3.05) is 25.3 Å². The van der Waals surface area contributed by atoms with E-state index < -0.39 is 0 Å². The van der Waals surface area contributed by atoms with Crippen molar-refractivity contribution in [3.8, 4) is 11.5 Å². The molecule has 0 radical (unpaired) electrons. The van der Waals surface area contributed by atoms with Crippen molar-refractivity contribution in [3.05, 3.63) is 42.5 Å². The standard InChI is InChI=1S/C18H16N4O3S2/c1-24-11-7-8-14(25-2)12(9-11)19-16(23)10-26-17-20-21-18-22(17)13-5-3-4-6-15(13)27-18/h3-9H,10H2,1-2H3,(H,19,23). The van der Waals surface area contributed by atoms with Crippen LogP contribution < -0.4 is 14.8 Å². The van der Waals surface area contributed by atoms with Crippen molar-refractivity contribution >= 4 is 49.9 Å². The maximum absolute atomic E-state index is 12.4. The fourth-order valence-electron chi connectivity index (χ4n) is 2.68. The quantitative estimate of drug-likeness (QED) is 0.498. The number of rotatable bonds is 6. The second-order valence-corrected chi connectivity index (χ2v) is 7.53. The second kappa shape index (κ2) is 7.45. The zero-order chi connectivity index (χ0) is 18.8. The summed E-state index contributed by atoms with van der Waals surface area (Å²) in [5, 5.41) is 12.0. The van der Waals surface area contributed by atoms with Gasteiger partial charge in [0.15, 0.2) is 5.16 Å². The molecule has 1 N–H and O–H groups in total. The Balaban J connectivity index is 1.51. The van der Waals surface area contributed by atoms with E-state index in [0.29, 0.717) is 22.3 Å². The number of methoxy groups -OCH3 is 2. The Morgan fingerprint density at radius 3 is 2.85 bits per heavy atom. The Morgan fingerprint density at radius 1 is 1.19 bits per heavy atom. The van der Waals surface area contributed by atoms with Crippen molar-refractivity contribution in [2.45, 2.75) is 5.16 Å². The van der Waals surface area contributed by atoms with Crippen LogP contribution in [0.4, 0.5) is 5.69 Å². The second-order valence-electron chi connectivity index (χ2n) is 5.57. The van der Waals surface area contributed by atoms with Crippen LogP contribution in [0.2, 0.25) is 0 Å². The minimum atomic E-state index is -0.164. The SMILES string of the molecule is COc1ccc(OC)c(NC(=O)CSc2nnc3sc4ccccc4n23)c1. The lowest BCUT2D eigenvalue weighted by Gasteiger charge is -2.11. The summed E-state index contributed by atoms with van der Waals surface area (Å²) in [6, 6.07) is 13.3. The van der Waals surface area contributed by atoms with Crippen molar-refractivity contribution in [2.24, 2.45) is 0 Å². The topological polar surface area (TPSA) is 77.8 Å². The lowest BCUT2D eigenvalue weighted by Crippen LogP contribution is -2.15. The van der Waals surface area contributed by atoms with Crippen LogP contribution in [0.1, 0.15) is 0 Å². The van der Waals surface area contributed by atoms with Crippen molar-refractivity contribution in [1.82, 2.24) is 14.6 Å². The molecule has 0 aliphatic rings. The molecule has 4 rings (SSSR count). The number of ether oxygens (including phenoxy) is 2. The molecule has 2 heterocycles. The van der Waals surface area contributed by atoms with Crippen LogP contribution >= 0.6 is 23.1 Å². The average molecular weight is 400 g/mol. The molecule has 138 valence electrons. The third-order valence-corrected chi connectivity index (χ3v) is 5.87. The van der Waals surface area contributed by atoms with Gasteiger partial charge < -0.3 is 14.8 Å². The minimum Gasteiger partial charge on any atom is -0.497 e. The predicted octanol–water partition coefficient (Wildman–Crippen LogP) is 3.69. The summed E-state index contributed by atoms with van der Waals surface area (Å²) in [5.41, 5.74) is 1.61. The molecule has 27 heavy (non-hydrogen) atoms. The summed E-state index contributed by atoms with van der Waals surface area (Å²) < 4.78 is 13.6. The largest absolute Gasteiger partial charge is 0.497 e. The number of thioether (sulfide) groups is 1.